The molecule has 5 heteroatoms. The lowest BCUT2D eigenvalue weighted by Gasteiger charge is -2.18. The van der Waals surface area contributed by atoms with Crippen molar-refractivity contribution in [3.05, 3.63) is 29.3 Å². The fourth-order valence-corrected chi connectivity index (χ4v) is 1.49. The second-order valence-electron chi connectivity index (χ2n) is 3.87. The molecule has 1 amide bonds. The summed E-state index contributed by atoms with van der Waals surface area (Å²) in [6.45, 7) is 1.85. The summed E-state index contributed by atoms with van der Waals surface area (Å²) in [5.41, 5.74) is 0. The summed E-state index contributed by atoms with van der Waals surface area (Å²) in [4.78, 5) is 13.0. The van der Waals surface area contributed by atoms with Crippen molar-refractivity contribution in [2.45, 2.75) is 13.0 Å². The van der Waals surface area contributed by atoms with E-state index in [2.05, 4.69) is 0 Å². The number of aliphatic hydroxyl groups is 1. The smallest absolute Gasteiger partial charge is 0.260 e. The molecule has 0 aliphatic carbocycles. The number of likely N-dealkylation sites (N-methyl/N-ethyl adjacent to an activating group) is 1. The van der Waals surface area contributed by atoms with Crippen LogP contribution in [0.5, 0.6) is 5.75 Å². The third-order valence-electron chi connectivity index (χ3n) is 2.12. The van der Waals surface area contributed by atoms with Gasteiger partial charge in [-0.25, -0.2) is 0 Å². The first-order valence-electron chi connectivity index (χ1n) is 5.29. The molecule has 0 fully saturated rings. The van der Waals surface area contributed by atoms with Gasteiger partial charge in [-0.1, -0.05) is 17.7 Å². The first-order valence-corrected chi connectivity index (χ1v) is 5.67. The minimum absolute atomic E-state index is 0.0659. The van der Waals surface area contributed by atoms with Crippen molar-refractivity contribution in [3.8, 4) is 5.75 Å². The van der Waals surface area contributed by atoms with Crippen LogP contribution in [0.15, 0.2) is 24.3 Å². The molecule has 1 aromatic rings. The van der Waals surface area contributed by atoms with Crippen molar-refractivity contribution >= 4 is 17.5 Å². The number of rotatable bonds is 5. The van der Waals surface area contributed by atoms with Crippen molar-refractivity contribution in [2.24, 2.45) is 0 Å². The Labute approximate surface area is 106 Å². The minimum Gasteiger partial charge on any atom is -0.484 e. The molecule has 1 unspecified atom stereocenters. The van der Waals surface area contributed by atoms with Gasteiger partial charge in [-0.3, -0.25) is 4.79 Å². The van der Waals surface area contributed by atoms with Crippen LogP contribution in [0.2, 0.25) is 5.02 Å². The monoisotopic (exact) mass is 257 g/mol. The predicted molar refractivity (Wildman–Crippen MR) is 66.3 cm³/mol. The molecule has 0 spiro atoms. The van der Waals surface area contributed by atoms with E-state index in [0.29, 0.717) is 10.8 Å². The average molecular weight is 258 g/mol. The highest BCUT2D eigenvalue weighted by atomic mass is 35.5. The van der Waals surface area contributed by atoms with E-state index in [1.807, 2.05) is 0 Å². The van der Waals surface area contributed by atoms with Crippen LogP contribution in [0, 0.1) is 0 Å². The quantitative estimate of drug-likeness (QED) is 0.871. The van der Waals surface area contributed by atoms with Gasteiger partial charge < -0.3 is 14.7 Å². The number of carbonyl (C=O) groups is 1. The first-order chi connectivity index (χ1) is 7.99. The maximum absolute atomic E-state index is 11.6. The molecule has 0 saturated heterocycles. The van der Waals surface area contributed by atoms with Gasteiger partial charge in [-0.05, 0) is 25.1 Å². The summed E-state index contributed by atoms with van der Waals surface area (Å²) in [6.07, 6.45) is -0.546. The highest BCUT2D eigenvalue weighted by Gasteiger charge is 2.11. The number of carbonyl (C=O) groups excluding carboxylic acids is 1. The van der Waals surface area contributed by atoms with Gasteiger partial charge >= 0.3 is 0 Å². The molecule has 17 heavy (non-hydrogen) atoms. The molecule has 94 valence electrons. The van der Waals surface area contributed by atoms with Crippen molar-refractivity contribution in [2.75, 3.05) is 20.2 Å². The Kier molecular flexibility index (Phi) is 5.25. The van der Waals surface area contributed by atoms with E-state index in [9.17, 15) is 4.79 Å². The van der Waals surface area contributed by atoms with Gasteiger partial charge in [0, 0.05) is 18.6 Å². The van der Waals surface area contributed by atoms with Crippen molar-refractivity contribution in [3.63, 3.8) is 0 Å². The van der Waals surface area contributed by atoms with Gasteiger partial charge in [-0.15, -0.1) is 0 Å². The molecular weight excluding hydrogens is 242 g/mol. The summed E-state index contributed by atoms with van der Waals surface area (Å²) in [6, 6.07) is 6.86. The Hall–Kier alpha value is -1.26. The van der Waals surface area contributed by atoms with E-state index in [0.717, 1.165) is 0 Å². The van der Waals surface area contributed by atoms with Crippen LogP contribution < -0.4 is 4.74 Å². The fourth-order valence-electron chi connectivity index (χ4n) is 1.31. The van der Waals surface area contributed by atoms with E-state index < -0.39 is 6.10 Å². The molecule has 0 saturated carbocycles. The largest absolute Gasteiger partial charge is 0.484 e. The van der Waals surface area contributed by atoms with Crippen molar-refractivity contribution in [1.29, 1.82) is 0 Å². The Balaban J connectivity index is 2.43. The molecular formula is C12H16ClNO3. The van der Waals surface area contributed by atoms with Gasteiger partial charge in [0.1, 0.15) is 5.75 Å². The van der Waals surface area contributed by atoms with Gasteiger partial charge in [-0.2, -0.15) is 0 Å². The topological polar surface area (TPSA) is 49.8 Å². The standard InChI is InChI=1S/C12H16ClNO3/c1-9(15)7-14(2)12(16)8-17-11-5-3-4-10(13)6-11/h3-6,9,15H,7-8H2,1-2H3. The molecule has 1 aromatic carbocycles. The summed E-state index contributed by atoms with van der Waals surface area (Å²) >= 11 is 5.78. The molecule has 4 nitrogen and oxygen atoms in total. The zero-order chi connectivity index (χ0) is 12.8. The van der Waals surface area contributed by atoms with Crippen LogP contribution in [-0.2, 0) is 4.79 Å². The Bertz CT molecular complexity index is 382. The normalized spacial score (nSPS) is 12.0. The fraction of sp³-hybridized carbons (Fsp3) is 0.417. The second kappa shape index (κ2) is 6.47. The van der Waals surface area contributed by atoms with Gasteiger partial charge in [0.2, 0.25) is 0 Å². The Morgan fingerprint density at radius 3 is 2.88 bits per heavy atom. The maximum atomic E-state index is 11.6. The number of ether oxygens (including phenoxy) is 1. The lowest BCUT2D eigenvalue weighted by molar-refractivity contribution is -0.133. The minimum atomic E-state index is -0.546. The van der Waals surface area contributed by atoms with Gasteiger partial charge in [0.15, 0.2) is 6.61 Å². The summed E-state index contributed by atoms with van der Waals surface area (Å²) in [5.74, 6) is 0.363. The zero-order valence-corrected chi connectivity index (χ0v) is 10.6. The molecule has 0 aliphatic rings. The number of hydrogen-bond acceptors (Lipinski definition) is 3. The van der Waals surface area contributed by atoms with Crippen LogP contribution in [0.3, 0.4) is 0 Å². The molecule has 0 bridgehead atoms. The second-order valence-corrected chi connectivity index (χ2v) is 4.31. The summed E-state index contributed by atoms with van der Waals surface area (Å²) in [7, 11) is 1.62. The summed E-state index contributed by atoms with van der Waals surface area (Å²) in [5, 5.41) is 9.70. The summed E-state index contributed by atoms with van der Waals surface area (Å²) < 4.78 is 5.29. The van der Waals surface area contributed by atoms with Crippen LogP contribution in [0.1, 0.15) is 6.92 Å². The lowest BCUT2D eigenvalue weighted by Crippen LogP contribution is -2.36. The van der Waals surface area contributed by atoms with E-state index in [1.54, 1.807) is 38.2 Å². The van der Waals surface area contributed by atoms with Gasteiger partial charge in [0.05, 0.1) is 6.10 Å². The molecule has 1 atom stereocenters. The number of halogens is 1. The predicted octanol–water partition coefficient (Wildman–Crippen LogP) is 1.56. The Morgan fingerprint density at radius 2 is 2.29 bits per heavy atom. The van der Waals surface area contributed by atoms with Crippen LogP contribution in [-0.4, -0.2) is 42.2 Å². The number of amides is 1. The van der Waals surface area contributed by atoms with Gasteiger partial charge in [0.25, 0.3) is 5.91 Å². The first kappa shape index (κ1) is 13.8. The number of nitrogens with zero attached hydrogens (tertiary/aromatic N) is 1. The van der Waals surface area contributed by atoms with E-state index in [1.165, 1.54) is 4.90 Å². The van der Waals surface area contributed by atoms with Crippen molar-refractivity contribution < 1.29 is 14.6 Å². The SMILES string of the molecule is CC(O)CN(C)C(=O)COc1cccc(Cl)c1. The van der Waals surface area contributed by atoms with E-state index in [4.69, 9.17) is 21.4 Å². The zero-order valence-electron chi connectivity index (χ0n) is 9.89. The highest BCUT2D eigenvalue weighted by Crippen LogP contribution is 2.16. The number of aliphatic hydroxyl groups excluding tert-OH is 1. The highest BCUT2D eigenvalue weighted by molar-refractivity contribution is 6.30. The molecule has 0 radical (unpaired) electrons. The van der Waals surface area contributed by atoms with E-state index in [-0.39, 0.29) is 19.1 Å². The van der Waals surface area contributed by atoms with Crippen LogP contribution in [0.4, 0.5) is 0 Å². The average Bonchev–Trinajstić information content (AvgIpc) is 2.25. The number of benzene rings is 1. The van der Waals surface area contributed by atoms with Crippen LogP contribution >= 0.6 is 11.6 Å². The lowest BCUT2D eigenvalue weighted by atomic mass is 10.3. The van der Waals surface area contributed by atoms with Crippen LogP contribution in [0.25, 0.3) is 0 Å². The third kappa shape index (κ3) is 5.06. The van der Waals surface area contributed by atoms with E-state index >= 15 is 0 Å². The third-order valence-corrected chi connectivity index (χ3v) is 2.36. The molecule has 0 aromatic heterocycles. The molecule has 1 N–H and O–H groups in total. The number of hydrogen-bond donors (Lipinski definition) is 1. The van der Waals surface area contributed by atoms with Crippen molar-refractivity contribution in [1.82, 2.24) is 4.90 Å². The molecule has 0 aliphatic heterocycles. The Morgan fingerprint density at radius 1 is 1.59 bits per heavy atom. The maximum Gasteiger partial charge on any atom is 0.260 e. The molecule has 1 rings (SSSR count). The molecule has 0 heterocycles.